The molecule has 6 heteroatoms. The maximum atomic E-state index is 12.6. The number of nitrogens with zero attached hydrogens (tertiary/aromatic N) is 2. The lowest BCUT2D eigenvalue weighted by Crippen LogP contribution is -2.48. The third-order valence-corrected chi connectivity index (χ3v) is 6.61. The van der Waals surface area contributed by atoms with E-state index in [0.29, 0.717) is 31.1 Å². The Morgan fingerprint density at radius 1 is 0.957 bits per heavy atom. The summed E-state index contributed by atoms with van der Waals surface area (Å²) in [5, 5.41) is 0. The van der Waals surface area contributed by atoms with Gasteiger partial charge in [0, 0.05) is 30.7 Å². The van der Waals surface area contributed by atoms with Gasteiger partial charge in [-0.1, -0.05) is 24.3 Å². The zero-order chi connectivity index (χ0) is 16.4. The van der Waals surface area contributed by atoms with Crippen LogP contribution in [0.2, 0.25) is 0 Å². The molecule has 1 saturated heterocycles. The van der Waals surface area contributed by atoms with E-state index < -0.39 is 10.0 Å². The van der Waals surface area contributed by atoms with Crippen LogP contribution in [0.5, 0.6) is 0 Å². The first-order valence-corrected chi connectivity index (χ1v) is 9.78. The summed E-state index contributed by atoms with van der Waals surface area (Å²) < 4.78 is 27.9. The predicted molar refractivity (Wildman–Crippen MR) is 96.3 cm³/mol. The number of hydrogen-bond acceptors (Lipinski definition) is 3. The van der Waals surface area contributed by atoms with Crippen molar-refractivity contribution < 1.29 is 8.42 Å². The number of piperazine rings is 1. The van der Waals surface area contributed by atoms with Gasteiger partial charge in [0.15, 0.2) is 0 Å². The molecule has 1 aliphatic rings. The van der Waals surface area contributed by atoms with E-state index in [1.54, 1.807) is 28.6 Å². The number of benzene rings is 2. The first kappa shape index (κ1) is 16.5. The summed E-state index contributed by atoms with van der Waals surface area (Å²) >= 11 is 3.60. The van der Waals surface area contributed by atoms with Gasteiger partial charge in [-0.25, -0.2) is 8.42 Å². The zero-order valence-corrected chi connectivity index (χ0v) is 15.3. The summed E-state index contributed by atoms with van der Waals surface area (Å²) in [6.07, 6.45) is 0. The molecular formula is C17H19BrN2O2S. The van der Waals surface area contributed by atoms with Crippen LogP contribution in [0.1, 0.15) is 5.56 Å². The molecule has 0 unspecified atom stereocenters. The van der Waals surface area contributed by atoms with Crippen molar-refractivity contribution in [3.63, 3.8) is 0 Å². The number of sulfonamides is 1. The number of anilines is 1. The summed E-state index contributed by atoms with van der Waals surface area (Å²) in [4.78, 5) is 2.59. The second-order valence-corrected chi connectivity index (χ2v) is 8.45. The molecule has 1 aliphatic heterocycles. The van der Waals surface area contributed by atoms with E-state index in [1.807, 2.05) is 6.07 Å². The lowest BCUT2D eigenvalue weighted by atomic mass is 10.2. The molecule has 122 valence electrons. The fourth-order valence-electron chi connectivity index (χ4n) is 2.78. The molecule has 0 N–H and O–H groups in total. The average Bonchev–Trinajstić information content (AvgIpc) is 2.56. The second kappa shape index (κ2) is 6.63. The molecule has 23 heavy (non-hydrogen) atoms. The van der Waals surface area contributed by atoms with Gasteiger partial charge in [0.2, 0.25) is 10.0 Å². The van der Waals surface area contributed by atoms with Crippen molar-refractivity contribution >= 4 is 31.6 Å². The van der Waals surface area contributed by atoms with Crippen LogP contribution in [0.15, 0.2) is 57.9 Å². The number of aryl methyl sites for hydroxylation is 1. The molecule has 0 spiro atoms. The Morgan fingerprint density at radius 2 is 1.61 bits per heavy atom. The minimum atomic E-state index is -3.39. The van der Waals surface area contributed by atoms with Gasteiger partial charge < -0.3 is 4.90 Å². The molecule has 1 heterocycles. The van der Waals surface area contributed by atoms with Crippen molar-refractivity contribution in [1.29, 1.82) is 0 Å². The highest BCUT2D eigenvalue weighted by Gasteiger charge is 2.28. The molecule has 2 aromatic carbocycles. The van der Waals surface area contributed by atoms with E-state index >= 15 is 0 Å². The van der Waals surface area contributed by atoms with Crippen LogP contribution in [0, 0.1) is 6.92 Å². The van der Waals surface area contributed by atoms with Gasteiger partial charge in [-0.3, -0.25) is 0 Å². The highest BCUT2D eigenvalue weighted by Crippen LogP contribution is 2.29. The molecule has 0 aromatic heterocycles. The van der Waals surface area contributed by atoms with Crippen LogP contribution in [0.3, 0.4) is 0 Å². The van der Waals surface area contributed by atoms with Gasteiger partial charge in [-0.2, -0.15) is 4.31 Å². The molecule has 1 fully saturated rings. The summed E-state index contributed by atoms with van der Waals surface area (Å²) in [5.41, 5.74) is 2.32. The predicted octanol–water partition coefficient (Wildman–Crippen LogP) is 3.27. The van der Waals surface area contributed by atoms with Crippen LogP contribution < -0.4 is 4.90 Å². The molecular weight excluding hydrogens is 376 g/mol. The van der Waals surface area contributed by atoms with Gasteiger partial charge in [0.25, 0.3) is 0 Å². The van der Waals surface area contributed by atoms with Crippen molar-refractivity contribution in [3.05, 3.63) is 58.6 Å². The second-order valence-electron chi connectivity index (χ2n) is 5.66. The number of halogens is 1. The van der Waals surface area contributed by atoms with Crippen molar-refractivity contribution in [2.24, 2.45) is 0 Å². The maximum absolute atomic E-state index is 12.6. The largest absolute Gasteiger partial charge is 0.368 e. The molecule has 4 nitrogen and oxygen atoms in total. The Kier molecular flexibility index (Phi) is 4.75. The van der Waals surface area contributed by atoms with E-state index in [4.69, 9.17) is 0 Å². The Balaban J connectivity index is 1.74. The quantitative estimate of drug-likeness (QED) is 0.801. The van der Waals surface area contributed by atoms with Gasteiger partial charge in [0.1, 0.15) is 0 Å². The van der Waals surface area contributed by atoms with E-state index in [-0.39, 0.29) is 0 Å². The highest BCUT2D eigenvalue weighted by molar-refractivity contribution is 9.10. The summed E-state index contributed by atoms with van der Waals surface area (Å²) in [5.74, 6) is 0. The smallest absolute Gasteiger partial charge is 0.243 e. The van der Waals surface area contributed by atoms with Gasteiger partial charge >= 0.3 is 0 Å². The number of rotatable bonds is 3. The Bertz CT molecular complexity index is 785. The summed E-state index contributed by atoms with van der Waals surface area (Å²) in [6, 6.07) is 14.9. The third-order valence-electron chi connectivity index (χ3n) is 4.06. The van der Waals surface area contributed by atoms with Crippen LogP contribution in [0.4, 0.5) is 5.69 Å². The monoisotopic (exact) mass is 394 g/mol. The Hall–Kier alpha value is -1.37. The topological polar surface area (TPSA) is 40.6 Å². The average molecular weight is 395 g/mol. The molecule has 2 aromatic rings. The van der Waals surface area contributed by atoms with Crippen LogP contribution in [-0.4, -0.2) is 38.9 Å². The fourth-order valence-corrected chi connectivity index (χ4v) is 4.97. The minimum Gasteiger partial charge on any atom is -0.368 e. The van der Waals surface area contributed by atoms with Gasteiger partial charge in [0.05, 0.1) is 10.6 Å². The van der Waals surface area contributed by atoms with Crippen molar-refractivity contribution in [2.45, 2.75) is 11.8 Å². The highest BCUT2D eigenvalue weighted by atomic mass is 79.9. The lowest BCUT2D eigenvalue weighted by molar-refractivity contribution is 0.385. The molecule has 0 amide bonds. The Labute approximate surface area is 145 Å². The van der Waals surface area contributed by atoms with E-state index in [9.17, 15) is 8.42 Å². The molecule has 3 rings (SSSR count). The van der Waals surface area contributed by atoms with Gasteiger partial charge in [-0.05, 0) is 52.7 Å². The van der Waals surface area contributed by atoms with E-state index in [1.165, 1.54) is 5.56 Å². The van der Waals surface area contributed by atoms with Crippen LogP contribution in [0.25, 0.3) is 0 Å². The first-order chi connectivity index (χ1) is 11.0. The van der Waals surface area contributed by atoms with E-state index in [0.717, 1.165) is 10.2 Å². The standard InChI is InChI=1S/C17H19BrN2O2S/c1-14-7-8-17(16(18)13-14)19-9-11-20(12-10-19)23(21,22)15-5-3-2-4-6-15/h2-8,13H,9-12H2,1H3. The summed E-state index contributed by atoms with van der Waals surface area (Å²) in [7, 11) is -3.39. The van der Waals surface area contributed by atoms with Gasteiger partial charge in [-0.15, -0.1) is 0 Å². The van der Waals surface area contributed by atoms with Crippen LogP contribution >= 0.6 is 15.9 Å². The SMILES string of the molecule is Cc1ccc(N2CCN(S(=O)(=O)c3ccccc3)CC2)c(Br)c1. The van der Waals surface area contributed by atoms with E-state index in [2.05, 4.69) is 46.0 Å². The van der Waals surface area contributed by atoms with Crippen molar-refractivity contribution in [3.8, 4) is 0 Å². The molecule has 0 atom stereocenters. The number of hydrogen-bond donors (Lipinski definition) is 0. The molecule has 0 aliphatic carbocycles. The fraction of sp³-hybridized carbons (Fsp3) is 0.294. The first-order valence-electron chi connectivity index (χ1n) is 7.55. The maximum Gasteiger partial charge on any atom is 0.243 e. The zero-order valence-electron chi connectivity index (χ0n) is 12.9. The summed E-state index contributed by atoms with van der Waals surface area (Å²) in [6.45, 7) is 4.43. The normalized spacial score (nSPS) is 16.5. The minimum absolute atomic E-state index is 0.366. The van der Waals surface area contributed by atoms with Crippen LogP contribution in [-0.2, 0) is 10.0 Å². The lowest BCUT2D eigenvalue weighted by Gasteiger charge is -2.35. The molecule has 0 radical (unpaired) electrons. The molecule has 0 saturated carbocycles. The van der Waals surface area contributed by atoms with Crippen molar-refractivity contribution in [2.75, 3.05) is 31.1 Å². The Morgan fingerprint density at radius 3 is 2.22 bits per heavy atom. The third kappa shape index (κ3) is 3.44. The molecule has 0 bridgehead atoms. The van der Waals surface area contributed by atoms with Crippen molar-refractivity contribution in [1.82, 2.24) is 4.31 Å².